The summed E-state index contributed by atoms with van der Waals surface area (Å²) >= 11 is 0. The van der Waals surface area contributed by atoms with E-state index in [4.69, 9.17) is 4.74 Å². The Hall–Kier alpha value is -1.06. The van der Waals surface area contributed by atoms with Crippen LogP contribution in [0.5, 0.6) is 5.75 Å². The molecule has 3 nitrogen and oxygen atoms in total. The first-order valence-corrected chi connectivity index (χ1v) is 7.49. The first-order valence-electron chi connectivity index (χ1n) is 7.49. The number of nitrogens with one attached hydrogen (secondary N) is 1. The van der Waals surface area contributed by atoms with Gasteiger partial charge in [0.25, 0.3) is 0 Å². The lowest BCUT2D eigenvalue weighted by molar-refractivity contribution is 0.222. The molecule has 0 aliphatic carbocycles. The molecule has 2 aliphatic rings. The van der Waals surface area contributed by atoms with Gasteiger partial charge in [-0.05, 0) is 51.9 Å². The fourth-order valence-corrected chi connectivity index (χ4v) is 3.16. The van der Waals surface area contributed by atoms with Gasteiger partial charge >= 0.3 is 0 Å². The molecule has 2 heterocycles. The summed E-state index contributed by atoms with van der Waals surface area (Å²) in [4.78, 5) is 2.42. The Morgan fingerprint density at radius 3 is 2.79 bits per heavy atom. The van der Waals surface area contributed by atoms with Gasteiger partial charge in [-0.25, -0.2) is 0 Å². The lowest BCUT2D eigenvalue weighted by Gasteiger charge is -2.32. The molecule has 0 spiro atoms. The van der Waals surface area contributed by atoms with Crippen LogP contribution in [0.3, 0.4) is 0 Å². The van der Waals surface area contributed by atoms with Crippen molar-refractivity contribution in [3.63, 3.8) is 0 Å². The van der Waals surface area contributed by atoms with Crippen molar-refractivity contribution in [1.82, 2.24) is 10.2 Å². The molecule has 3 rings (SSSR count). The van der Waals surface area contributed by atoms with Gasteiger partial charge in [0.05, 0.1) is 6.61 Å². The van der Waals surface area contributed by atoms with Crippen LogP contribution in [0.25, 0.3) is 0 Å². The summed E-state index contributed by atoms with van der Waals surface area (Å²) in [6.45, 7) is 3.27. The molecule has 0 saturated carbocycles. The van der Waals surface area contributed by atoms with Gasteiger partial charge in [0.2, 0.25) is 0 Å². The van der Waals surface area contributed by atoms with Crippen molar-refractivity contribution < 1.29 is 4.74 Å². The van der Waals surface area contributed by atoms with E-state index >= 15 is 0 Å². The Bertz CT molecular complexity index is 413. The van der Waals surface area contributed by atoms with Crippen molar-refractivity contribution in [2.45, 2.75) is 37.8 Å². The molecular formula is C16H24N2O. The minimum absolute atomic E-state index is 0.465. The van der Waals surface area contributed by atoms with Crippen molar-refractivity contribution in [3.8, 4) is 5.75 Å². The fraction of sp³-hybridized carbons (Fsp3) is 0.625. The molecule has 0 bridgehead atoms. The summed E-state index contributed by atoms with van der Waals surface area (Å²) in [6, 6.07) is 9.63. The Morgan fingerprint density at radius 2 is 1.95 bits per heavy atom. The molecule has 0 aromatic heterocycles. The van der Waals surface area contributed by atoms with Gasteiger partial charge < -0.3 is 15.0 Å². The van der Waals surface area contributed by atoms with E-state index in [1.54, 1.807) is 0 Å². The van der Waals surface area contributed by atoms with E-state index in [9.17, 15) is 0 Å². The number of likely N-dealkylation sites (tertiary alicyclic amines) is 1. The zero-order chi connectivity index (χ0) is 13.1. The van der Waals surface area contributed by atoms with Crippen molar-refractivity contribution in [2.24, 2.45) is 0 Å². The number of rotatable bonds is 2. The highest BCUT2D eigenvalue weighted by Gasteiger charge is 2.24. The summed E-state index contributed by atoms with van der Waals surface area (Å²) in [5.74, 6) is 1.07. The van der Waals surface area contributed by atoms with Crippen LogP contribution < -0.4 is 10.1 Å². The molecule has 19 heavy (non-hydrogen) atoms. The number of benzene rings is 1. The van der Waals surface area contributed by atoms with Crippen LogP contribution in [-0.4, -0.2) is 37.7 Å². The van der Waals surface area contributed by atoms with E-state index in [2.05, 4.69) is 41.5 Å². The standard InChI is InChI=1S/C16H24N2O/c1-18-10-8-13(9-11-18)17-15-6-4-12-19-16-7-3-2-5-14(15)16/h2-3,5,7,13,15,17H,4,6,8-12H2,1H3. The van der Waals surface area contributed by atoms with E-state index in [1.807, 2.05) is 0 Å². The quantitative estimate of drug-likeness (QED) is 0.884. The van der Waals surface area contributed by atoms with E-state index in [0.29, 0.717) is 12.1 Å². The Balaban J connectivity index is 1.70. The highest BCUT2D eigenvalue weighted by atomic mass is 16.5. The monoisotopic (exact) mass is 260 g/mol. The topological polar surface area (TPSA) is 24.5 Å². The summed E-state index contributed by atoms with van der Waals surface area (Å²) in [6.07, 6.45) is 4.84. The zero-order valence-electron chi connectivity index (χ0n) is 11.8. The van der Waals surface area contributed by atoms with Crippen LogP contribution in [0.1, 0.15) is 37.3 Å². The number of nitrogens with zero attached hydrogens (tertiary/aromatic N) is 1. The number of para-hydroxylation sites is 1. The number of hydrogen-bond acceptors (Lipinski definition) is 3. The molecule has 0 amide bonds. The molecule has 1 unspecified atom stereocenters. The first-order chi connectivity index (χ1) is 9.33. The van der Waals surface area contributed by atoms with Crippen LogP contribution in [0.2, 0.25) is 0 Å². The minimum Gasteiger partial charge on any atom is -0.493 e. The van der Waals surface area contributed by atoms with Gasteiger partial charge in [-0.15, -0.1) is 0 Å². The summed E-state index contributed by atoms with van der Waals surface area (Å²) < 4.78 is 5.84. The van der Waals surface area contributed by atoms with Gasteiger partial charge in [0.15, 0.2) is 0 Å². The predicted octanol–water partition coefficient (Wildman–Crippen LogP) is 2.58. The second kappa shape index (κ2) is 5.93. The molecule has 1 aromatic carbocycles. The van der Waals surface area contributed by atoms with E-state index in [-0.39, 0.29) is 0 Å². The van der Waals surface area contributed by atoms with Crippen LogP contribution in [0, 0.1) is 0 Å². The van der Waals surface area contributed by atoms with E-state index < -0.39 is 0 Å². The lowest BCUT2D eigenvalue weighted by Crippen LogP contribution is -2.42. The molecule has 2 aliphatic heterocycles. The zero-order valence-corrected chi connectivity index (χ0v) is 11.8. The van der Waals surface area contributed by atoms with E-state index in [1.165, 1.54) is 37.9 Å². The van der Waals surface area contributed by atoms with Crippen molar-refractivity contribution in [1.29, 1.82) is 0 Å². The molecule has 0 radical (unpaired) electrons. The third-order valence-electron chi connectivity index (χ3n) is 4.34. The molecule has 104 valence electrons. The SMILES string of the molecule is CN1CCC(NC2CCCOc3ccccc32)CC1. The summed E-state index contributed by atoms with van der Waals surface area (Å²) in [5.41, 5.74) is 1.35. The average Bonchev–Trinajstić information content (AvgIpc) is 2.64. The Morgan fingerprint density at radius 1 is 1.16 bits per heavy atom. The third kappa shape index (κ3) is 3.10. The number of hydrogen-bond donors (Lipinski definition) is 1. The van der Waals surface area contributed by atoms with Crippen LogP contribution in [0.4, 0.5) is 0 Å². The lowest BCUT2D eigenvalue weighted by atomic mass is 9.98. The highest BCUT2D eigenvalue weighted by Crippen LogP contribution is 2.32. The van der Waals surface area contributed by atoms with Crippen molar-refractivity contribution in [3.05, 3.63) is 29.8 Å². The highest BCUT2D eigenvalue weighted by molar-refractivity contribution is 5.36. The summed E-state index contributed by atoms with van der Waals surface area (Å²) in [7, 11) is 2.21. The largest absolute Gasteiger partial charge is 0.493 e. The van der Waals surface area contributed by atoms with Gasteiger partial charge in [0, 0.05) is 17.6 Å². The maximum atomic E-state index is 5.84. The summed E-state index contributed by atoms with van der Waals surface area (Å²) in [5, 5.41) is 3.87. The van der Waals surface area contributed by atoms with Crippen LogP contribution >= 0.6 is 0 Å². The number of piperidine rings is 1. The molecule has 1 aromatic rings. The molecule has 1 atom stereocenters. The smallest absolute Gasteiger partial charge is 0.124 e. The van der Waals surface area contributed by atoms with Gasteiger partial charge in [-0.1, -0.05) is 18.2 Å². The maximum absolute atomic E-state index is 5.84. The van der Waals surface area contributed by atoms with Gasteiger partial charge in [-0.3, -0.25) is 0 Å². The fourth-order valence-electron chi connectivity index (χ4n) is 3.16. The average molecular weight is 260 g/mol. The predicted molar refractivity (Wildman–Crippen MR) is 77.6 cm³/mol. The molecular weight excluding hydrogens is 236 g/mol. The van der Waals surface area contributed by atoms with E-state index in [0.717, 1.165) is 18.8 Å². The third-order valence-corrected chi connectivity index (χ3v) is 4.34. The minimum atomic E-state index is 0.465. The van der Waals surface area contributed by atoms with Crippen molar-refractivity contribution >= 4 is 0 Å². The van der Waals surface area contributed by atoms with Gasteiger partial charge in [0.1, 0.15) is 5.75 Å². The second-order valence-corrected chi connectivity index (χ2v) is 5.83. The first kappa shape index (κ1) is 12.9. The maximum Gasteiger partial charge on any atom is 0.124 e. The number of fused-ring (bicyclic) bond motifs is 1. The Labute approximate surface area is 115 Å². The Kier molecular flexibility index (Phi) is 4.04. The normalized spacial score (nSPS) is 25.4. The van der Waals surface area contributed by atoms with Crippen LogP contribution in [-0.2, 0) is 0 Å². The van der Waals surface area contributed by atoms with Crippen molar-refractivity contribution in [2.75, 3.05) is 26.7 Å². The molecule has 1 N–H and O–H groups in total. The molecule has 1 fully saturated rings. The second-order valence-electron chi connectivity index (χ2n) is 5.83. The number of ether oxygens (including phenoxy) is 1. The molecule has 3 heteroatoms. The van der Waals surface area contributed by atoms with Crippen LogP contribution in [0.15, 0.2) is 24.3 Å². The van der Waals surface area contributed by atoms with Gasteiger partial charge in [-0.2, -0.15) is 0 Å². The molecule has 1 saturated heterocycles.